The number of amides is 3. The molecule has 3 amide bonds. The molecule has 1 saturated heterocycles. The minimum absolute atomic E-state index is 0.126. The zero-order valence-electron chi connectivity index (χ0n) is 17.8. The number of para-hydroxylation sites is 2. The second kappa shape index (κ2) is 8.89. The van der Waals surface area contributed by atoms with Crippen LogP contribution in [0.15, 0.2) is 42.5 Å². The summed E-state index contributed by atoms with van der Waals surface area (Å²) in [5.74, 6) is 1.53. The Morgan fingerprint density at radius 2 is 1.55 bits per heavy atom. The molecule has 172 valence electrons. The second-order valence-corrected chi connectivity index (χ2v) is 7.82. The SMILES string of the molecule is O=C(NCC(=O)N1CCN(C(=O)[C@@H]2COc3ccccc3O2)CC1)c1ccc2c(c1)OCO2. The number of nitrogens with zero attached hydrogens (tertiary/aromatic N) is 2. The van der Waals surface area contributed by atoms with Crippen LogP contribution in [-0.2, 0) is 9.59 Å². The molecule has 3 heterocycles. The molecule has 33 heavy (non-hydrogen) atoms. The second-order valence-electron chi connectivity index (χ2n) is 7.82. The van der Waals surface area contributed by atoms with Gasteiger partial charge < -0.3 is 34.1 Å². The van der Waals surface area contributed by atoms with Gasteiger partial charge in [-0.3, -0.25) is 14.4 Å². The first-order valence-corrected chi connectivity index (χ1v) is 10.7. The van der Waals surface area contributed by atoms with Crippen LogP contribution in [0.25, 0.3) is 0 Å². The summed E-state index contributed by atoms with van der Waals surface area (Å²) >= 11 is 0. The van der Waals surface area contributed by atoms with Gasteiger partial charge in [0.1, 0.15) is 6.61 Å². The van der Waals surface area contributed by atoms with E-state index in [2.05, 4.69) is 5.32 Å². The maximum absolute atomic E-state index is 12.8. The van der Waals surface area contributed by atoms with Gasteiger partial charge in [0.05, 0.1) is 6.54 Å². The molecule has 1 fully saturated rings. The molecule has 1 N–H and O–H groups in total. The van der Waals surface area contributed by atoms with Gasteiger partial charge in [-0.2, -0.15) is 0 Å². The van der Waals surface area contributed by atoms with E-state index in [0.29, 0.717) is 54.7 Å². The van der Waals surface area contributed by atoms with Crippen LogP contribution >= 0.6 is 0 Å². The molecule has 0 spiro atoms. The van der Waals surface area contributed by atoms with E-state index in [0.717, 1.165) is 0 Å². The van der Waals surface area contributed by atoms with Gasteiger partial charge in [-0.05, 0) is 30.3 Å². The molecule has 0 unspecified atom stereocenters. The number of benzene rings is 2. The summed E-state index contributed by atoms with van der Waals surface area (Å²) in [5, 5.41) is 2.64. The molecule has 2 aromatic carbocycles. The number of piperazine rings is 1. The predicted octanol–water partition coefficient (Wildman–Crippen LogP) is 0.656. The highest BCUT2D eigenvalue weighted by Crippen LogP contribution is 2.33. The number of rotatable bonds is 4. The van der Waals surface area contributed by atoms with Gasteiger partial charge in [0.15, 0.2) is 23.0 Å². The Hall–Kier alpha value is -3.95. The summed E-state index contributed by atoms with van der Waals surface area (Å²) in [4.78, 5) is 41.1. The lowest BCUT2D eigenvalue weighted by atomic mass is 10.2. The molecule has 0 bridgehead atoms. The standard InChI is InChI=1S/C23H23N3O7/c27-21(12-24-22(28)15-5-6-17-19(11-15)32-14-31-17)25-7-9-26(10-8-25)23(29)20-13-30-16-3-1-2-4-18(16)33-20/h1-6,11,20H,7-10,12-14H2,(H,24,28)/t20-/m0/s1. The summed E-state index contributed by atoms with van der Waals surface area (Å²) in [7, 11) is 0. The van der Waals surface area contributed by atoms with Crippen molar-refractivity contribution in [1.82, 2.24) is 15.1 Å². The fourth-order valence-corrected chi connectivity index (χ4v) is 3.93. The van der Waals surface area contributed by atoms with Crippen LogP contribution in [0.4, 0.5) is 0 Å². The molecule has 1 atom stereocenters. The van der Waals surface area contributed by atoms with Crippen LogP contribution in [0.5, 0.6) is 23.0 Å². The van der Waals surface area contributed by atoms with Crippen molar-refractivity contribution in [3.63, 3.8) is 0 Å². The average molecular weight is 453 g/mol. The van der Waals surface area contributed by atoms with E-state index >= 15 is 0 Å². The van der Waals surface area contributed by atoms with E-state index in [9.17, 15) is 14.4 Å². The first-order chi connectivity index (χ1) is 16.1. The van der Waals surface area contributed by atoms with Crippen molar-refractivity contribution < 1.29 is 33.3 Å². The van der Waals surface area contributed by atoms with Gasteiger partial charge in [0, 0.05) is 31.7 Å². The molecule has 0 radical (unpaired) electrons. The number of hydrogen-bond donors (Lipinski definition) is 1. The Bertz CT molecular complexity index is 1080. The van der Waals surface area contributed by atoms with E-state index in [1.165, 1.54) is 0 Å². The maximum Gasteiger partial charge on any atom is 0.267 e. The number of carbonyl (C=O) groups excluding carboxylic acids is 3. The topological polar surface area (TPSA) is 107 Å². The van der Waals surface area contributed by atoms with Gasteiger partial charge in [-0.1, -0.05) is 12.1 Å². The number of hydrogen-bond acceptors (Lipinski definition) is 7. The summed E-state index contributed by atoms with van der Waals surface area (Å²) in [5.41, 5.74) is 0.388. The molecule has 0 aliphatic carbocycles. The van der Waals surface area contributed by atoms with Crippen molar-refractivity contribution in [2.24, 2.45) is 0 Å². The van der Waals surface area contributed by atoms with Gasteiger partial charge in [-0.25, -0.2) is 0 Å². The number of ether oxygens (including phenoxy) is 4. The lowest BCUT2D eigenvalue weighted by Crippen LogP contribution is -2.56. The smallest absolute Gasteiger partial charge is 0.267 e. The Morgan fingerprint density at radius 3 is 2.36 bits per heavy atom. The van der Waals surface area contributed by atoms with Crippen molar-refractivity contribution >= 4 is 17.7 Å². The van der Waals surface area contributed by atoms with E-state index < -0.39 is 6.10 Å². The summed E-state index contributed by atoms with van der Waals surface area (Å²) < 4.78 is 21.9. The van der Waals surface area contributed by atoms with Crippen molar-refractivity contribution in [1.29, 1.82) is 0 Å². The number of fused-ring (bicyclic) bond motifs is 2. The van der Waals surface area contributed by atoms with E-state index in [-0.39, 0.29) is 37.7 Å². The monoisotopic (exact) mass is 453 g/mol. The highest BCUT2D eigenvalue weighted by molar-refractivity contribution is 5.97. The van der Waals surface area contributed by atoms with E-state index in [1.807, 2.05) is 12.1 Å². The lowest BCUT2D eigenvalue weighted by Gasteiger charge is -2.37. The Balaban J connectivity index is 1.09. The van der Waals surface area contributed by atoms with Crippen molar-refractivity contribution in [3.05, 3.63) is 48.0 Å². The third-order valence-corrected chi connectivity index (χ3v) is 5.76. The maximum atomic E-state index is 12.8. The zero-order chi connectivity index (χ0) is 22.8. The van der Waals surface area contributed by atoms with Crippen LogP contribution in [0.1, 0.15) is 10.4 Å². The fraction of sp³-hybridized carbons (Fsp3) is 0.348. The molecular formula is C23H23N3O7. The summed E-state index contributed by atoms with van der Waals surface area (Å²) in [6, 6.07) is 12.1. The van der Waals surface area contributed by atoms with Crippen LogP contribution in [-0.4, -0.2) is 79.7 Å². The first kappa shape index (κ1) is 20.9. The van der Waals surface area contributed by atoms with Gasteiger partial charge in [-0.15, -0.1) is 0 Å². The molecule has 0 aromatic heterocycles. The Kier molecular flexibility index (Phi) is 5.64. The van der Waals surface area contributed by atoms with Gasteiger partial charge >= 0.3 is 0 Å². The molecule has 0 saturated carbocycles. The van der Waals surface area contributed by atoms with Crippen LogP contribution in [0.2, 0.25) is 0 Å². The highest BCUT2D eigenvalue weighted by Gasteiger charge is 2.33. The highest BCUT2D eigenvalue weighted by atomic mass is 16.7. The van der Waals surface area contributed by atoms with Crippen molar-refractivity contribution in [2.45, 2.75) is 6.10 Å². The van der Waals surface area contributed by atoms with Crippen molar-refractivity contribution in [3.8, 4) is 23.0 Å². The predicted molar refractivity (Wildman–Crippen MR) is 114 cm³/mol. The molecule has 10 heteroatoms. The van der Waals surface area contributed by atoms with Crippen molar-refractivity contribution in [2.75, 3.05) is 46.1 Å². The Morgan fingerprint density at radius 1 is 0.848 bits per heavy atom. The third-order valence-electron chi connectivity index (χ3n) is 5.76. The summed E-state index contributed by atoms with van der Waals surface area (Å²) in [6.07, 6.45) is -0.705. The van der Waals surface area contributed by atoms with Crippen LogP contribution < -0.4 is 24.3 Å². The third kappa shape index (κ3) is 4.36. The fourth-order valence-electron chi connectivity index (χ4n) is 3.93. The first-order valence-electron chi connectivity index (χ1n) is 10.7. The van der Waals surface area contributed by atoms with Crippen LogP contribution in [0.3, 0.4) is 0 Å². The number of carbonyl (C=O) groups is 3. The van der Waals surface area contributed by atoms with E-state index in [1.54, 1.807) is 40.1 Å². The molecule has 10 nitrogen and oxygen atoms in total. The minimum Gasteiger partial charge on any atom is -0.485 e. The lowest BCUT2D eigenvalue weighted by molar-refractivity contribution is -0.146. The Labute approximate surface area is 189 Å². The normalized spacial score (nSPS) is 18.6. The largest absolute Gasteiger partial charge is 0.485 e. The quantitative estimate of drug-likeness (QED) is 0.725. The average Bonchev–Trinajstić information content (AvgIpc) is 3.34. The summed E-state index contributed by atoms with van der Waals surface area (Å²) in [6.45, 7) is 1.70. The van der Waals surface area contributed by atoms with Gasteiger partial charge in [0.2, 0.25) is 18.8 Å². The number of nitrogens with one attached hydrogen (secondary N) is 1. The van der Waals surface area contributed by atoms with Gasteiger partial charge in [0.25, 0.3) is 11.8 Å². The molecule has 3 aliphatic heterocycles. The minimum atomic E-state index is -0.705. The van der Waals surface area contributed by atoms with E-state index in [4.69, 9.17) is 18.9 Å². The molecule has 2 aromatic rings. The van der Waals surface area contributed by atoms with Crippen LogP contribution in [0, 0.1) is 0 Å². The molecule has 3 aliphatic rings. The molecular weight excluding hydrogens is 430 g/mol. The molecule has 5 rings (SSSR count). The zero-order valence-corrected chi connectivity index (χ0v) is 17.8.